The number of benzene rings is 1. The van der Waals surface area contributed by atoms with E-state index in [2.05, 4.69) is 37.0 Å². The quantitative estimate of drug-likeness (QED) is 0.447. The van der Waals surface area contributed by atoms with Crippen LogP contribution < -0.4 is 10.6 Å². The van der Waals surface area contributed by atoms with E-state index in [-0.39, 0.29) is 11.9 Å². The number of hydrogen-bond donors (Lipinski definition) is 1. The fraction of sp³-hybridized carbons (Fsp3) is 0.360. The summed E-state index contributed by atoms with van der Waals surface area (Å²) in [5, 5.41) is 4.41. The number of anilines is 2. The van der Waals surface area contributed by atoms with Crippen LogP contribution in [0.3, 0.4) is 0 Å². The Balaban J connectivity index is 1.16. The number of rotatable bonds is 5. The number of carbonyl (C=O) groups is 1. The van der Waals surface area contributed by atoms with Gasteiger partial charge in [-0.05, 0) is 24.3 Å². The number of ether oxygens (including phenoxy) is 1. The maximum absolute atomic E-state index is 12.8. The average molecular weight is 489 g/mol. The first-order chi connectivity index (χ1) is 17.6. The van der Waals surface area contributed by atoms with Crippen molar-refractivity contribution >= 4 is 23.2 Å². The molecule has 11 heteroatoms. The predicted molar refractivity (Wildman–Crippen MR) is 134 cm³/mol. The Morgan fingerprint density at radius 2 is 1.81 bits per heavy atom. The van der Waals surface area contributed by atoms with Crippen molar-refractivity contribution in [3.8, 4) is 22.8 Å². The average Bonchev–Trinajstić information content (AvgIpc) is 3.60. The standard InChI is InChI=1S/C25H28N8O3/c26-25-27-20(16-22-28-24(29-33(22)25)21-5-2-12-36-21)18-3-1-4-19(15-18)31-6-8-32(9-7-31)23(34)17-30-10-13-35-14-11-30/h1-5,12,15-16H,6-11,13-14,17H2,(H2,26,27). The molecule has 2 aliphatic heterocycles. The first-order valence-electron chi connectivity index (χ1n) is 12.1. The van der Waals surface area contributed by atoms with Crippen molar-refractivity contribution < 1.29 is 13.9 Å². The third-order valence-electron chi connectivity index (χ3n) is 6.69. The fourth-order valence-corrected chi connectivity index (χ4v) is 4.70. The number of nitrogen functional groups attached to an aromatic ring is 1. The summed E-state index contributed by atoms with van der Waals surface area (Å²) in [7, 11) is 0. The van der Waals surface area contributed by atoms with E-state index in [1.165, 1.54) is 4.52 Å². The number of nitrogens with zero attached hydrogens (tertiary/aromatic N) is 7. The second-order valence-electron chi connectivity index (χ2n) is 8.99. The lowest BCUT2D eigenvalue weighted by Crippen LogP contribution is -2.52. The molecule has 3 aromatic heterocycles. The smallest absolute Gasteiger partial charge is 0.236 e. The molecule has 0 unspecified atom stereocenters. The number of furan rings is 1. The Hall–Kier alpha value is -3.96. The van der Waals surface area contributed by atoms with E-state index in [1.807, 2.05) is 23.1 Å². The van der Waals surface area contributed by atoms with Crippen molar-refractivity contribution in [2.24, 2.45) is 0 Å². The summed E-state index contributed by atoms with van der Waals surface area (Å²) >= 11 is 0. The number of fused-ring (bicyclic) bond motifs is 1. The number of amides is 1. The molecule has 6 rings (SSSR count). The van der Waals surface area contributed by atoms with Gasteiger partial charge in [0.2, 0.25) is 17.7 Å². The Labute approximate surface area is 208 Å². The Bertz CT molecular complexity index is 1360. The number of morpholine rings is 1. The van der Waals surface area contributed by atoms with Crippen LogP contribution in [0.1, 0.15) is 0 Å². The van der Waals surface area contributed by atoms with Crippen LogP contribution >= 0.6 is 0 Å². The van der Waals surface area contributed by atoms with Gasteiger partial charge in [0, 0.05) is 56.6 Å². The van der Waals surface area contributed by atoms with Gasteiger partial charge in [-0.2, -0.15) is 4.52 Å². The first kappa shape index (κ1) is 22.5. The molecular formula is C25H28N8O3. The minimum Gasteiger partial charge on any atom is -0.461 e. The van der Waals surface area contributed by atoms with E-state index in [9.17, 15) is 4.79 Å². The fourth-order valence-electron chi connectivity index (χ4n) is 4.70. The maximum atomic E-state index is 12.8. The van der Waals surface area contributed by atoms with Crippen molar-refractivity contribution in [3.63, 3.8) is 0 Å². The lowest BCUT2D eigenvalue weighted by Gasteiger charge is -2.37. The molecular weight excluding hydrogens is 460 g/mol. The van der Waals surface area contributed by atoms with Gasteiger partial charge < -0.3 is 24.7 Å². The van der Waals surface area contributed by atoms with Crippen LogP contribution in [0, 0.1) is 0 Å². The summed E-state index contributed by atoms with van der Waals surface area (Å²) in [6.45, 7) is 6.50. The Morgan fingerprint density at radius 3 is 2.58 bits per heavy atom. The first-order valence-corrected chi connectivity index (χ1v) is 12.1. The topological polar surface area (TPSA) is 118 Å². The second kappa shape index (κ2) is 9.59. The molecule has 2 saturated heterocycles. The molecule has 2 N–H and O–H groups in total. The highest BCUT2D eigenvalue weighted by atomic mass is 16.5. The molecule has 2 fully saturated rings. The van der Waals surface area contributed by atoms with Crippen molar-refractivity contribution in [1.82, 2.24) is 29.4 Å². The molecule has 4 aromatic rings. The highest BCUT2D eigenvalue weighted by Gasteiger charge is 2.24. The van der Waals surface area contributed by atoms with Crippen LogP contribution in [0.15, 0.2) is 53.1 Å². The predicted octanol–water partition coefficient (Wildman–Crippen LogP) is 1.61. The number of nitrogens with two attached hydrogens (primary N) is 1. The van der Waals surface area contributed by atoms with Crippen LogP contribution in [-0.2, 0) is 9.53 Å². The van der Waals surface area contributed by atoms with Gasteiger partial charge in [0.1, 0.15) is 0 Å². The van der Waals surface area contributed by atoms with Gasteiger partial charge in [-0.3, -0.25) is 9.69 Å². The maximum Gasteiger partial charge on any atom is 0.236 e. The van der Waals surface area contributed by atoms with Crippen LogP contribution in [-0.4, -0.2) is 94.3 Å². The normalized spacial score (nSPS) is 17.1. The third kappa shape index (κ3) is 4.50. The molecule has 1 amide bonds. The van der Waals surface area contributed by atoms with Crippen molar-refractivity contribution in [3.05, 3.63) is 48.7 Å². The lowest BCUT2D eigenvalue weighted by molar-refractivity contribution is -0.133. The molecule has 0 aliphatic carbocycles. The molecule has 5 heterocycles. The van der Waals surface area contributed by atoms with Crippen molar-refractivity contribution in [2.45, 2.75) is 0 Å². The summed E-state index contributed by atoms with van der Waals surface area (Å²) in [6, 6.07) is 13.7. The van der Waals surface area contributed by atoms with Crippen molar-refractivity contribution in [1.29, 1.82) is 0 Å². The zero-order valence-electron chi connectivity index (χ0n) is 19.9. The molecule has 0 radical (unpaired) electrons. The van der Waals surface area contributed by atoms with Gasteiger partial charge >= 0.3 is 0 Å². The van der Waals surface area contributed by atoms with Gasteiger partial charge in [0.25, 0.3) is 0 Å². The van der Waals surface area contributed by atoms with Crippen LogP contribution in [0.5, 0.6) is 0 Å². The number of carbonyl (C=O) groups excluding carboxylic acids is 1. The Morgan fingerprint density at radius 1 is 0.972 bits per heavy atom. The highest BCUT2D eigenvalue weighted by molar-refractivity contribution is 5.78. The highest BCUT2D eigenvalue weighted by Crippen LogP contribution is 2.27. The molecule has 186 valence electrons. The molecule has 11 nitrogen and oxygen atoms in total. The largest absolute Gasteiger partial charge is 0.461 e. The van der Waals surface area contributed by atoms with Gasteiger partial charge in [-0.1, -0.05) is 12.1 Å². The minimum absolute atomic E-state index is 0.195. The minimum atomic E-state index is 0.195. The summed E-state index contributed by atoms with van der Waals surface area (Å²) < 4.78 is 12.3. The number of aromatic nitrogens is 4. The number of hydrogen-bond acceptors (Lipinski definition) is 9. The number of piperazine rings is 1. The van der Waals surface area contributed by atoms with E-state index in [0.29, 0.717) is 50.1 Å². The van der Waals surface area contributed by atoms with Crippen molar-refractivity contribution in [2.75, 3.05) is 69.7 Å². The van der Waals surface area contributed by atoms with Gasteiger partial charge in [0.15, 0.2) is 11.4 Å². The van der Waals surface area contributed by atoms with Gasteiger partial charge in [0.05, 0.1) is 31.7 Å². The van der Waals surface area contributed by atoms with E-state index >= 15 is 0 Å². The van der Waals surface area contributed by atoms with Crippen LogP contribution in [0.25, 0.3) is 28.5 Å². The summed E-state index contributed by atoms with van der Waals surface area (Å²) in [5.41, 5.74) is 9.56. The van der Waals surface area contributed by atoms with E-state index in [4.69, 9.17) is 14.9 Å². The molecule has 36 heavy (non-hydrogen) atoms. The van der Waals surface area contributed by atoms with Gasteiger partial charge in [-0.15, -0.1) is 5.10 Å². The second-order valence-corrected chi connectivity index (χ2v) is 8.99. The molecule has 1 aromatic carbocycles. The van der Waals surface area contributed by atoms with E-state index in [0.717, 1.165) is 43.1 Å². The van der Waals surface area contributed by atoms with Crippen LogP contribution in [0.4, 0.5) is 11.6 Å². The van der Waals surface area contributed by atoms with Crippen LogP contribution in [0.2, 0.25) is 0 Å². The summed E-state index contributed by atoms with van der Waals surface area (Å²) in [4.78, 5) is 28.3. The summed E-state index contributed by atoms with van der Waals surface area (Å²) in [6.07, 6.45) is 1.58. The zero-order chi connectivity index (χ0) is 24.5. The van der Waals surface area contributed by atoms with Gasteiger partial charge in [-0.25, -0.2) is 9.97 Å². The molecule has 0 bridgehead atoms. The summed E-state index contributed by atoms with van der Waals surface area (Å²) in [5.74, 6) is 1.48. The molecule has 0 atom stereocenters. The monoisotopic (exact) mass is 488 g/mol. The van der Waals surface area contributed by atoms with E-state index in [1.54, 1.807) is 18.4 Å². The lowest BCUT2D eigenvalue weighted by atomic mass is 10.1. The Kier molecular flexibility index (Phi) is 5.99. The molecule has 2 aliphatic rings. The molecule has 0 spiro atoms. The zero-order valence-corrected chi connectivity index (χ0v) is 19.9. The third-order valence-corrected chi connectivity index (χ3v) is 6.69. The SMILES string of the molecule is Nc1nc(-c2cccc(N3CCN(C(=O)CN4CCOCC4)CC3)c2)cc2nc(-c3ccco3)nn12. The molecule has 0 saturated carbocycles. The van der Waals surface area contributed by atoms with E-state index < -0.39 is 0 Å².